The first-order valence-electron chi connectivity index (χ1n) is 9.96. The summed E-state index contributed by atoms with van der Waals surface area (Å²) in [5, 5.41) is 18.4. The van der Waals surface area contributed by atoms with Crippen LogP contribution in [0.1, 0.15) is 26.4 Å². The van der Waals surface area contributed by atoms with E-state index in [1.54, 1.807) is 27.7 Å². The average molecular weight is 415 g/mol. The second kappa shape index (κ2) is 7.28. The highest BCUT2D eigenvalue weighted by Gasteiger charge is 2.21. The Morgan fingerprint density at radius 3 is 2.77 bits per heavy atom. The fourth-order valence-corrected chi connectivity index (χ4v) is 3.83. The summed E-state index contributed by atoms with van der Waals surface area (Å²) in [5.74, 6) is 0.228. The van der Waals surface area contributed by atoms with Gasteiger partial charge in [0.1, 0.15) is 11.4 Å². The van der Waals surface area contributed by atoms with Gasteiger partial charge in [0.05, 0.1) is 18.3 Å². The lowest BCUT2D eigenvalue weighted by Gasteiger charge is -2.11. The SMILES string of the molecule is Cc1cc(NC(=O)c2nn(C)c3ccccc23)ccc1NC(=O)c1cnn2c1NCC2. The molecule has 0 fully saturated rings. The summed E-state index contributed by atoms with van der Waals surface area (Å²) >= 11 is 0. The zero-order valence-corrected chi connectivity index (χ0v) is 17.1. The van der Waals surface area contributed by atoms with Crippen LogP contribution in [0.2, 0.25) is 0 Å². The minimum atomic E-state index is -0.283. The number of anilines is 3. The molecule has 9 heteroatoms. The Labute approximate surface area is 178 Å². The maximum atomic E-state index is 12.8. The third kappa shape index (κ3) is 3.29. The van der Waals surface area contributed by atoms with E-state index in [4.69, 9.17) is 0 Å². The molecule has 3 heterocycles. The molecule has 2 aromatic heterocycles. The van der Waals surface area contributed by atoms with E-state index in [0.717, 1.165) is 35.4 Å². The molecule has 1 aliphatic heterocycles. The lowest BCUT2D eigenvalue weighted by atomic mass is 10.1. The van der Waals surface area contributed by atoms with E-state index in [-0.39, 0.29) is 11.8 Å². The maximum Gasteiger partial charge on any atom is 0.276 e. The second-order valence-corrected chi connectivity index (χ2v) is 7.48. The number of benzene rings is 2. The smallest absolute Gasteiger partial charge is 0.276 e. The van der Waals surface area contributed by atoms with Gasteiger partial charge in [-0.1, -0.05) is 18.2 Å². The predicted molar refractivity (Wildman–Crippen MR) is 119 cm³/mol. The highest BCUT2D eigenvalue weighted by molar-refractivity contribution is 6.11. The number of amides is 2. The molecule has 0 bridgehead atoms. The van der Waals surface area contributed by atoms with E-state index in [1.807, 2.05) is 44.3 Å². The number of hydrogen-bond donors (Lipinski definition) is 3. The van der Waals surface area contributed by atoms with Crippen molar-refractivity contribution in [2.24, 2.45) is 7.05 Å². The molecular formula is C22H21N7O2. The van der Waals surface area contributed by atoms with Gasteiger partial charge in [0, 0.05) is 30.4 Å². The molecule has 0 atom stereocenters. The fraction of sp³-hybridized carbons (Fsp3) is 0.182. The first-order valence-corrected chi connectivity index (χ1v) is 9.96. The zero-order valence-electron chi connectivity index (χ0n) is 17.1. The van der Waals surface area contributed by atoms with Gasteiger partial charge in [0.15, 0.2) is 5.69 Å². The number of rotatable bonds is 4. The number of fused-ring (bicyclic) bond motifs is 2. The minimum Gasteiger partial charge on any atom is -0.368 e. The summed E-state index contributed by atoms with van der Waals surface area (Å²) in [5.41, 5.74) is 3.90. The molecule has 3 N–H and O–H groups in total. The van der Waals surface area contributed by atoms with E-state index >= 15 is 0 Å². The van der Waals surface area contributed by atoms with Crippen LogP contribution in [-0.2, 0) is 13.6 Å². The Morgan fingerprint density at radius 2 is 1.94 bits per heavy atom. The number of hydrogen-bond acceptors (Lipinski definition) is 5. The van der Waals surface area contributed by atoms with Gasteiger partial charge in [-0.2, -0.15) is 10.2 Å². The van der Waals surface area contributed by atoms with Gasteiger partial charge in [0.25, 0.3) is 11.8 Å². The number of aryl methyl sites for hydroxylation is 2. The molecule has 5 rings (SSSR count). The normalized spacial score (nSPS) is 12.5. The van der Waals surface area contributed by atoms with Crippen molar-refractivity contribution in [2.75, 3.05) is 22.5 Å². The molecule has 0 saturated carbocycles. The number of carbonyl (C=O) groups is 2. The summed E-state index contributed by atoms with van der Waals surface area (Å²) in [6, 6.07) is 12.9. The van der Waals surface area contributed by atoms with Crippen molar-refractivity contribution >= 4 is 39.9 Å². The molecule has 0 spiro atoms. The number of para-hydroxylation sites is 1. The van der Waals surface area contributed by atoms with Crippen LogP contribution < -0.4 is 16.0 Å². The largest absolute Gasteiger partial charge is 0.368 e. The standard InChI is InChI=1S/C22H21N7O2/c1-13-11-14(25-22(31)19-15-5-3-4-6-18(15)28(2)27-19)7-8-17(13)26-21(30)16-12-24-29-10-9-23-20(16)29/h3-8,11-12,23H,9-10H2,1-2H3,(H,25,31)(H,26,30). The molecule has 0 radical (unpaired) electrons. The van der Waals surface area contributed by atoms with Gasteiger partial charge >= 0.3 is 0 Å². The monoisotopic (exact) mass is 415 g/mol. The molecule has 4 aromatic rings. The van der Waals surface area contributed by atoms with Crippen LogP contribution in [0.25, 0.3) is 10.9 Å². The number of carbonyl (C=O) groups excluding carboxylic acids is 2. The molecular weight excluding hydrogens is 394 g/mol. The number of nitrogens with zero attached hydrogens (tertiary/aromatic N) is 4. The van der Waals surface area contributed by atoms with Gasteiger partial charge in [-0.25, -0.2) is 4.68 Å². The lowest BCUT2D eigenvalue weighted by Crippen LogP contribution is -2.15. The zero-order chi connectivity index (χ0) is 21.5. The fourth-order valence-electron chi connectivity index (χ4n) is 3.83. The molecule has 156 valence electrons. The van der Waals surface area contributed by atoms with Gasteiger partial charge in [-0.05, 0) is 36.8 Å². The molecule has 2 amide bonds. The van der Waals surface area contributed by atoms with Crippen LogP contribution in [0.15, 0.2) is 48.7 Å². The summed E-state index contributed by atoms with van der Waals surface area (Å²) in [6.07, 6.45) is 1.57. The van der Waals surface area contributed by atoms with E-state index in [9.17, 15) is 9.59 Å². The van der Waals surface area contributed by atoms with Crippen LogP contribution in [0.4, 0.5) is 17.2 Å². The van der Waals surface area contributed by atoms with Crippen molar-refractivity contribution < 1.29 is 9.59 Å². The summed E-state index contributed by atoms with van der Waals surface area (Å²) in [6.45, 7) is 3.39. The Balaban J connectivity index is 1.33. The first-order chi connectivity index (χ1) is 15.0. The topological polar surface area (TPSA) is 106 Å². The van der Waals surface area contributed by atoms with Crippen molar-refractivity contribution in [3.8, 4) is 0 Å². The lowest BCUT2D eigenvalue weighted by molar-refractivity contribution is 0.101. The highest BCUT2D eigenvalue weighted by Crippen LogP contribution is 2.25. The Kier molecular flexibility index (Phi) is 4.43. The predicted octanol–water partition coefficient (Wildman–Crippen LogP) is 3.01. The summed E-state index contributed by atoms with van der Waals surface area (Å²) in [7, 11) is 1.81. The van der Waals surface area contributed by atoms with Crippen molar-refractivity contribution in [1.82, 2.24) is 19.6 Å². The summed E-state index contributed by atoms with van der Waals surface area (Å²) < 4.78 is 3.47. The minimum absolute atomic E-state index is 0.226. The van der Waals surface area contributed by atoms with Crippen molar-refractivity contribution in [2.45, 2.75) is 13.5 Å². The second-order valence-electron chi connectivity index (χ2n) is 7.48. The van der Waals surface area contributed by atoms with E-state index in [1.165, 1.54) is 0 Å². The van der Waals surface area contributed by atoms with Crippen LogP contribution in [0, 0.1) is 6.92 Å². The Hall–Kier alpha value is -4.14. The molecule has 9 nitrogen and oxygen atoms in total. The number of nitrogens with one attached hydrogen (secondary N) is 3. The van der Waals surface area contributed by atoms with E-state index in [2.05, 4.69) is 26.1 Å². The van der Waals surface area contributed by atoms with Crippen LogP contribution >= 0.6 is 0 Å². The third-order valence-electron chi connectivity index (χ3n) is 5.41. The van der Waals surface area contributed by atoms with E-state index < -0.39 is 0 Å². The van der Waals surface area contributed by atoms with Crippen molar-refractivity contribution in [3.63, 3.8) is 0 Å². The molecule has 0 unspecified atom stereocenters. The molecule has 31 heavy (non-hydrogen) atoms. The van der Waals surface area contributed by atoms with E-state index in [0.29, 0.717) is 22.6 Å². The van der Waals surface area contributed by atoms with Gasteiger partial charge in [-0.15, -0.1) is 0 Å². The van der Waals surface area contributed by atoms with Gasteiger partial charge in [-0.3, -0.25) is 14.3 Å². The quantitative estimate of drug-likeness (QED) is 0.475. The third-order valence-corrected chi connectivity index (χ3v) is 5.41. The van der Waals surface area contributed by atoms with Gasteiger partial charge < -0.3 is 16.0 Å². The molecule has 0 saturated heterocycles. The molecule has 1 aliphatic rings. The number of aromatic nitrogens is 4. The van der Waals surface area contributed by atoms with Crippen LogP contribution in [0.3, 0.4) is 0 Å². The van der Waals surface area contributed by atoms with Crippen molar-refractivity contribution in [1.29, 1.82) is 0 Å². The first kappa shape index (κ1) is 18.9. The van der Waals surface area contributed by atoms with Crippen LogP contribution in [0.5, 0.6) is 0 Å². The maximum absolute atomic E-state index is 12.8. The summed E-state index contributed by atoms with van der Waals surface area (Å²) in [4.78, 5) is 25.5. The molecule has 2 aromatic carbocycles. The van der Waals surface area contributed by atoms with Gasteiger partial charge in [0.2, 0.25) is 0 Å². The van der Waals surface area contributed by atoms with Crippen molar-refractivity contribution in [3.05, 3.63) is 65.5 Å². The Morgan fingerprint density at radius 1 is 1.10 bits per heavy atom. The Bertz CT molecular complexity index is 1340. The highest BCUT2D eigenvalue weighted by atomic mass is 16.2. The van der Waals surface area contributed by atoms with Crippen LogP contribution in [-0.4, -0.2) is 37.9 Å². The molecule has 0 aliphatic carbocycles. The average Bonchev–Trinajstić information content (AvgIpc) is 3.45.